The Kier molecular flexibility index (Phi) is 3.04. The first kappa shape index (κ1) is 12.2. The Hall–Kier alpha value is -2.90. The molecule has 0 radical (unpaired) electrons. The maximum absolute atomic E-state index is 12.2. The summed E-state index contributed by atoms with van der Waals surface area (Å²) in [4.78, 5) is 17.6. The molecule has 0 saturated carbocycles. The van der Waals surface area contributed by atoms with Crippen LogP contribution in [0.15, 0.2) is 39.7 Å². The van der Waals surface area contributed by atoms with Gasteiger partial charge in [-0.25, -0.2) is 4.98 Å². The van der Waals surface area contributed by atoms with Crippen molar-refractivity contribution < 1.29 is 13.7 Å². The fourth-order valence-electron chi connectivity index (χ4n) is 1.71. The van der Waals surface area contributed by atoms with E-state index in [1.54, 1.807) is 19.2 Å². The highest BCUT2D eigenvalue weighted by Crippen LogP contribution is 2.21. The number of rotatable bonds is 4. The second-order valence-corrected chi connectivity index (χ2v) is 4.15. The molecule has 0 aliphatic rings. The number of furan rings is 1. The van der Waals surface area contributed by atoms with Crippen molar-refractivity contribution in [3.63, 3.8) is 0 Å². The molecule has 3 heterocycles. The average molecular weight is 273 g/mol. The molecule has 0 aromatic carbocycles. The summed E-state index contributed by atoms with van der Waals surface area (Å²) in [5.41, 5.74) is 0.207. The molecule has 0 fully saturated rings. The van der Waals surface area contributed by atoms with Crippen molar-refractivity contribution in [2.75, 3.05) is 7.05 Å². The van der Waals surface area contributed by atoms with Crippen molar-refractivity contribution in [2.45, 2.75) is 6.54 Å². The normalized spacial score (nSPS) is 10.7. The van der Waals surface area contributed by atoms with Gasteiger partial charge in [-0.15, -0.1) is 0 Å². The smallest absolute Gasteiger partial charge is 0.276 e. The number of carbonyl (C=O) groups excluding carboxylic acids is 1. The van der Waals surface area contributed by atoms with Crippen LogP contribution >= 0.6 is 0 Å². The Bertz CT molecular complexity index is 687. The third-order valence-electron chi connectivity index (χ3n) is 2.69. The summed E-state index contributed by atoms with van der Waals surface area (Å²) >= 11 is 0. The van der Waals surface area contributed by atoms with E-state index in [0.29, 0.717) is 23.9 Å². The van der Waals surface area contributed by atoms with E-state index in [4.69, 9.17) is 8.94 Å². The zero-order valence-corrected chi connectivity index (χ0v) is 10.6. The third kappa shape index (κ3) is 2.30. The zero-order valence-electron chi connectivity index (χ0n) is 10.6. The molecule has 0 aliphatic carbocycles. The van der Waals surface area contributed by atoms with Gasteiger partial charge in [-0.05, 0) is 12.1 Å². The van der Waals surface area contributed by atoms with Crippen LogP contribution in [0.1, 0.15) is 16.3 Å². The molecule has 20 heavy (non-hydrogen) atoms. The standard InChI is InChI=1S/C12H11N5O3/c1-17(6-11-13-7-14-15-11)12(18)8-5-10(20-16-8)9-3-2-4-19-9/h2-5,7H,6H2,1H3,(H,13,14,15). The van der Waals surface area contributed by atoms with E-state index in [1.807, 2.05) is 0 Å². The number of aromatic nitrogens is 4. The Morgan fingerprint density at radius 2 is 2.35 bits per heavy atom. The van der Waals surface area contributed by atoms with E-state index >= 15 is 0 Å². The fourth-order valence-corrected chi connectivity index (χ4v) is 1.71. The molecule has 3 rings (SSSR count). The van der Waals surface area contributed by atoms with Gasteiger partial charge in [0.15, 0.2) is 11.5 Å². The predicted molar refractivity (Wildman–Crippen MR) is 66.4 cm³/mol. The van der Waals surface area contributed by atoms with E-state index in [0.717, 1.165) is 0 Å². The molecule has 0 aliphatic heterocycles. The van der Waals surface area contributed by atoms with Crippen molar-refractivity contribution in [3.8, 4) is 11.5 Å². The maximum Gasteiger partial charge on any atom is 0.276 e. The lowest BCUT2D eigenvalue weighted by molar-refractivity contribution is 0.0771. The van der Waals surface area contributed by atoms with Crippen molar-refractivity contribution in [1.82, 2.24) is 25.2 Å². The molecule has 1 N–H and O–H groups in total. The molecule has 3 aromatic heterocycles. The number of carbonyl (C=O) groups is 1. The van der Waals surface area contributed by atoms with Crippen LogP contribution in [0.2, 0.25) is 0 Å². The van der Waals surface area contributed by atoms with Crippen LogP contribution in [-0.4, -0.2) is 38.2 Å². The molecule has 3 aromatic rings. The molecule has 8 heteroatoms. The first-order valence-corrected chi connectivity index (χ1v) is 5.84. The molecule has 0 bridgehead atoms. The largest absolute Gasteiger partial charge is 0.461 e. The van der Waals surface area contributed by atoms with Gasteiger partial charge >= 0.3 is 0 Å². The zero-order chi connectivity index (χ0) is 13.9. The highest BCUT2D eigenvalue weighted by Gasteiger charge is 2.19. The summed E-state index contributed by atoms with van der Waals surface area (Å²) < 4.78 is 10.3. The Morgan fingerprint density at radius 1 is 1.45 bits per heavy atom. The lowest BCUT2D eigenvalue weighted by Gasteiger charge is -2.12. The number of nitrogens with zero attached hydrogens (tertiary/aromatic N) is 4. The highest BCUT2D eigenvalue weighted by molar-refractivity contribution is 5.92. The lowest BCUT2D eigenvalue weighted by atomic mass is 10.3. The number of amides is 1. The molecule has 0 spiro atoms. The van der Waals surface area contributed by atoms with E-state index in [2.05, 4.69) is 20.3 Å². The topological polar surface area (TPSA) is 101 Å². The van der Waals surface area contributed by atoms with Crippen LogP contribution in [-0.2, 0) is 6.54 Å². The number of hydrogen-bond donors (Lipinski definition) is 1. The minimum Gasteiger partial charge on any atom is -0.461 e. The van der Waals surface area contributed by atoms with Crippen LogP contribution < -0.4 is 0 Å². The van der Waals surface area contributed by atoms with Gasteiger partial charge in [0.1, 0.15) is 12.2 Å². The second kappa shape index (κ2) is 5.00. The van der Waals surface area contributed by atoms with Gasteiger partial charge in [0.25, 0.3) is 5.91 Å². The Balaban J connectivity index is 1.74. The molecular formula is C12H11N5O3. The van der Waals surface area contributed by atoms with Gasteiger partial charge < -0.3 is 13.8 Å². The van der Waals surface area contributed by atoms with Gasteiger partial charge in [0, 0.05) is 13.1 Å². The van der Waals surface area contributed by atoms with E-state index in [1.165, 1.54) is 23.6 Å². The van der Waals surface area contributed by atoms with E-state index in [-0.39, 0.29) is 11.6 Å². The van der Waals surface area contributed by atoms with Gasteiger partial charge in [-0.3, -0.25) is 9.89 Å². The van der Waals surface area contributed by atoms with Crippen molar-refractivity contribution in [2.24, 2.45) is 0 Å². The monoisotopic (exact) mass is 273 g/mol. The molecule has 102 valence electrons. The summed E-state index contributed by atoms with van der Waals surface area (Å²) in [5.74, 6) is 1.25. The van der Waals surface area contributed by atoms with Gasteiger partial charge in [-0.1, -0.05) is 5.16 Å². The number of H-pyrrole nitrogens is 1. The minimum atomic E-state index is -0.275. The predicted octanol–water partition coefficient (Wildman–Crippen LogP) is 1.32. The number of aromatic amines is 1. The quantitative estimate of drug-likeness (QED) is 0.769. The molecule has 0 saturated heterocycles. The summed E-state index contributed by atoms with van der Waals surface area (Å²) in [6.45, 7) is 0.307. The second-order valence-electron chi connectivity index (χ2n) is 4.15. The average Bonchev–Trinajstić information content (AvgIpc) is 3.18. The first-order chi connectivity index (χ1) is 9.74. The Morgan fingerprint density at radius 3 is 3.05 bits per heavy atom. The minimum absolute atomic E-state index is 0.207. The molecule has 0 atom stereocenters. The third-order valence-corrected chi connectivity index (χ3v) is 2.69. The van der Waals surface area contributed by atoms with Crippen LogP contribution in [0.3, 0.4) is 0 Å². The van der Waals surface area contributed by atoms with Crippen LogP contribution in [0.25, 0.3) is 11.5 Å². The molecule has 8 nitrogen and oxygen atoms in total. The van der Waals surface area contributed by atoms with Gasteiger partial charge in [0.2, 0.25) is 5.76 Å². The van der Waals surface area contributed by atoms with Crippen molar-refractivity contribution in [1.29, 1.82) is 0 Å². The maximum atomic E-state index is 12.2. The fraction of sp³-hybridized carbons (Fsp3) is 0.167. The molecular weight excluding hydrogens is 262 g/mol. The number of hydrogen-bond acceptors (Lipinski definition) is 6. The van der Waals surface area contributed by atoms with Crippen LogP contribution in [0.4, 0.5) is 0 Å². The lowest BCUT2D eigenvalue weighted by Crippen LogP contribution is -2.26. The highest BCUT2D eigenvalue weighted by atomic mass is 16.5. The SMILES string of the molecule is CN(Cc1ncn[nH]1)C(=O)c1cc(-c2ccco2)on1. The van der Waals surface area contributed by atoms with Crippen molar-refractivity contribution >= 4 is 5.91 Å². The summed E-state index contributed by atoms with van der Waals surface area (Å²) in [6, 6.07) is 5.00. The summed E-state index contributed by atoms with van der Waals surface area (Å²) in [6.07, 6.45) is 2.91. The molecule has 1 amide bonds. The van der Waals surface area contributed by atoms with E-state index < -0.39 is 0 Å². The van der Waals surface area contributed by atoms with Crippen LogP contribution in [0, 0.1) is 0 Å². The van der Waals surface area contributed by atoms with Crippen molar-refractivity contribution in [3.05, 3.63) is 42.3 Å². The first-order valence-electron chi connectivity index (χ1n) is 5.84. The van der Waals surface area contributed by atoms with Gasteiger partial charge in [0.05, 0.1) is 12.8 Å². The van der Waals surface area contributed by atoms with E-state index in [9.17, 15) is 4.79 Å². The Labute approximate surface area is 113 Å². The molecule has 0 unspecified atom stereocenters. The summed E-state index contributed by atoms with van der Waals surface area (Å²) in [7, 11) is 1.64. The number of nitrogens with one attached hydrogen (secondary N) is 1. The van der Waals surface area contributed by atoms with Crippen LogP contribution in [0.5, 0.6) is 0 Å². The van der Waals surface area contributed by atoms with Gasteiger partial charge in [-0.2, -0.15) is 5.10 Å². The summed E-state index contributed by atoms with van der Waals surface area (Å²) in [5, 5.41) is 10.2.